The molecule has 1 N–H and O–H groups in total. The van der Waals surface area contributed by atoms with Gasteiger partial charge in [0.15, 0.2) is 5.11 Å². The molecule has 7 heteroatoms. The van der Waals surface area contributed by atoms with Gasteiger partial charge in [0, 0.05) is 6.04 Å². The molecular formula is C11H15F3N2OS. The minimum Gasteiger partial charge on any atom is -0.351 e. The van der Waals surface area contributed by atoms with Gasteiger partial charge in [-0.3, -0.25) is 9.69 Å². The molecule has 1 aliphatic carbocycles. The third-order valence-corrected chi connectivity index (χ3v) is 3.96. The highest BCUT2D eigenvalue weighted by Crippen LogP contribution is 2.39. The highest BCUT2D eigenvalue weighted by Gasteiger charge is 2.46. The summed E-state index contributed by atoms with van der Waals surface area (Å²) < 4.78 is 38.2. The molecule has 3 nitrogen and oxygen atoms in total. The molecule has 0 aromatic rings. The van der Waals surface area contributed by atoms with Crippen molar-refractivity contribution in [3.63, 3.8) is 0 Å². The second-order valence-electron chi connectivity index (χ2n) is 4.94. The van der Waals surface area contributed by atoms with Crippen LogP contribution in [0.1, 0.15) is 32.6 Å². The fourth-order valence-corrected chi connectivity index (χ4v) is 3.08. The van der Waals surface area contributed by atoms with Gasteiger partial charge in [0.1, 0.15) is 6.04 Å². The van der Waals surface area contributed by atoms with E-state index in [0.29, 0.717) is 12.8 Å². The number of carbonyl (C=O) groups excluding carboxylic acids is 1. The first-order chi connectivity index (χ1) is 8.30. The minimum absolute atomic E-state index is 0.0379. The Balaban J connectivity index is 2.10. The van der Waals surface area contributed by atoms with E-state index in [9.17, 15) is 18.0 Å². The summed E-state index contributed by atoms with van der Waals surface area (Å²) in [5, 5.41) is 3.06. The van der Waals surface area contributed by atoms with Gasteiger partial charge in [-0.2, -0.15) is 13.2 Å². The van der Waals surface area contributed by atoms with E-state index in [1.54, 1.807) is 6.92 Å². The molecule has 3 atom stereocenters. The Kier molecular flexibility index (Phi) is 3.53. The second kappa shape index (κ2) is 4.68. The van der Waals surface area contributed by atoms with Crippen molar-refractivity contribution in [2.75, 3.05) is 0 Å². The maximum Gasteiger partial charge on any atom is 0.391 e. The number of nitrogens with one attached hydrogen (secondary N) is 1. The van der Waals surface area contributed by atoms with E-state index >= 15 is 0 Å². The van der Waals surface area contributed by atoms with Crippen LogP contribution in [0.15, 0.2) is 0 Å². The first kappa shape index (κ1) is 13.6. The molecule has 0 bridgehead atoms. The molecule has 2 aliphatic rings. The van der Waals surface area contributed by atoms with Gasteiger partial charge in [-0.15, -0.1) is 0 Å². The number of alkyl halides is 3. The summed E-state index contributed by atoms with van der Waals surface area (Å²) in [5.41, 5.74) is 0. The van der Waals surface area contributed by atoms with E-state index in [4.69, 9.17) is 12.2 Å². The van der Waals surface area contributed by atoms with Gasteiger partial charge in [-0.25, -0.2) is 0 Å². The van der Waals surface area contributed by atoms with Crippen molar-refractivity contribution in [2.24, 2.45) is 5.92 Å². The van der Waals surface area contributed by atoms with Gasteiger partial charge < -0.3 is 5.32 Å². The zero-order valence-electron chi connectivity index (χ0n) is 9.96. The van der Waals surface area contributed by atoms with Gasteiger partial charge in [0.25, 0.3) is 5.91 Å². The number of halogens is 3. The molecule has 0 radical (unpaired) electrons. The lowest BCUT2D eigenvalue weighted by Crippen LogP contribution is -2.45. The van der Waals surface area contributed by atoms with Crippen LogP contribution in [0.25, 0.3) is 0 Å². The molecule has 0 spiro atoms. The van der Waals surface area contributed by atoms with Crippen LogP contribution in [0.5, 0.6) is 0 Å². The van der Waals surface area contributed by atoms with Crippen molar-refractivity contribution in [3.05, 3.63) is 0 Å². The molecule has 2 fully saturated rings. The van der Waals surface area contributed by atoms with E-state index in [0.717, 1.165) is 0 Å². The Morgan fingerprint density at radius 2 is 2.06 bits per heavy atom. The Bertz CT molecular complexity index is 372. The SMILES string of the molecule is C[C@@H]1NC(=S)N([C@H]2CCC[C@@H](C(F)(F)F)C2)C1=O. The maximum atomic E-state index is 12.7. The lowest BCUT2D eigenvalue weighted by molar-refractivity contribution is -0.186. The Morgan fingerprint density at radius 1 is 1.39 bits per heavy atom. The molecule has 0 unspecified atom stereocenters. The van der Waals surface area contributed by atoms with Crippen LogP contribution in [0.3, 0.4) is 0 Å². The monoisotopic (exact) mass is 280 g/mol. The van der Waals surface area contributed by atoms with Crippen LogP contribution in [-0.4, -0.2) is 34.2 Å². The molecule has 0 aromatic heterocycles. The topological polar surface area (TPSA) is 32.3 Å². The minimum atomic E-state index is -4.18. The smallest absolute Gasteiger partial charge is 0.351 e. The Hall–Kier alpha value is -0.850. The van der Waals surface area contributed by atoms with Gasteiger partial charge in [0.2, 0.25) is 0 Å². The predicted octanol–water partition coefficient (Wildman–Crippen LogP) is 2.21. The molecular weight excluding hydrogens is 265 g/mol. The largest absolute Gasteiger partial charge is 0.391 e. The molecule has 2 rings (SSSR count). The Morgan fingerprint density at radius 3 is 2.56 bits per heavy atom. The fraction of sp³-hybridized carbons (Fsp3) is 0.818. The van der Waals surface area contributed by atoms with Crippen LogP contribution in [0, 0.1) is 5.92 Å². The number of amides is 1. The summed E-state index contributed by atoms with van der Waals surface area (Å²) in [6.07, 6.45) is -2.99. The first-order valence-electron chi connectivity index (χ1n) is 6.01. The second-order valence-corrected chi connectivity index (χ2v) is 5.33. The predicted molar refractivity (Wildman–Crippen MR) is 63.8 cm³/mol. The van der Waals surface area contributed by atoms with Crippen LogP contribution in [0.2, 0.25) is 0 Å². The maximum absolute atomic E-state index is 12.7. The van der Waals surface area contributed by atoms with Crippen molar-refractivity contribution in [1.82, 2.24) is 10.2 Å². The summed E-state index contributed by atoms with van der Waals surface area (Å²) in [4.78, 5) is 13.2. The van der Waals surface area contributed by atoms with E-state index < -0.39 is 24.2 Å². The van der Waals surface area contributed by atoms with E-state index in [-0.39, 0.29) is 23.9 Å². The molecule has 1 saturated heterocycles. The summed E-state index contributed by atoms with van der Waals surface area (Å²) in [6.45, 7) is 1.67. The third kappa shape index (κ3) is 2.46. The number of hydrogen-bond acceptors (Lipinski definition) is 2. The zero-order valence-corrected chi connectivity index (χ0v) is 10.8. The van der Waals surface area contributed by atoms with Crippen molar-refractivity contribution >= 4 is 23.2 Å². The average Bonchev–Trinajstić information content (AvgIpc) is 2.52. The highest BCUT2D eigenvalue weighted by molar-refractivity contribution is 7.80. The lowest BCUT2D eigenvalue weighted by Gasteiger charge is -2.35. The van der Waals surface area contributed by atoms with Crippen LogP contribution >= 0.6 is 12.2 Å². The molecule has 1 saturated carbocycles. The molecule has 0 aromatic carbocycles. The molecule has 18 heavy (non-hydrogen) atoms. The van der Waals surface area contributed by atoms with Crippen LogP contribution in [0.4, 0.5) is 13.2 Å². The summed E-state index contributed by atoms with van der Waals surface area (Å²) in [5.74, 6) is -1.53. The van der Waals surface area contributed by atoms with Crippen LogP contribution in [-0.2, 0) is 4.79 Å². The highest BCUT2D eigenvalue weighted by atomic mass is 32.1. The molecule has 1 aliphatic heterocycles. The third-order valence-electron chi connectivity index (χ3n) is 3.64. The number of thiocarbonyl (C=S) groups is 1. The van der Waals surface area contributed by atoms with E-state index in [1.807, 2.05) is 0 Å². The van der Waals surface area contributed by atoms with Crippen molar-refractivity contribution in [2.45, 2.75) is 50.9 Å². The van der Waals surface area contributed by atoms with Gasteiger partial charge in [-0.05, 0) is 38.4 Å². The normalized spacial score (nSPS) is 33.8. The quantitative estimate of drug-likeness (QED) is 0.747. The standard InChI is InChI=1S/C11H15F3N2OS/c1-6-9(17)16(10(18)15-6)8-4-2-3-7(5-8)11(12,13)14/h6-8H,2-5H2,1H3,(H,15,18)/t6-,7+,8-/m0/s1. The number of nitrogens with zero attached hydrogens (tertiary/aromatic N) is 1. The van der Waals surface area contributed by atoms with Gasteiger partial charge in [-0.1, -0.05) is 6.42 Å². The molecule has 1 heterocycles. The molecule has 1 amide bonds. The van der Waals surface area contributed by atoms with Gasteiger partial charge in [0.05, 0.1) is 5.92 Å². The van der Waals surface area contributed by atoms with Crippen molar-refractivity contribution in [3.8, 4) is 0 Å². The summed E-state index contributed by atoms with van der Waals surface area (Å²) in [6, 6.07) is -0.841. The number of hydrogen-bond donors (Lipinski definition) is 1. The Labute approximate surface area is 109 Å². The lowest BCUT2D eigenvalue weighted by atomic mass is 9.84. The average molecular weight is 280 g/mol. The summed E-state index contributed by atoms with van der Waals surface area (Å²) >= 11 is 5.02. The number of carbonyl (C=O) groups is 1. The molecule has 102 valence electrons. The first-order valence-corrected chi connectivity index (χ1v) is 6.42. The van der Waals surface area contributed by atoms with Crippen LogP contribution < -0.4 is 5.32 Å². The number of rotatable bonds is 1. The summed E-state index contributed by atoms with van der Waals surface area (Å²) in [7, 11) is 0. The van der Waals surface area contributed by atoms with E-state index in [1.165, 1.54) is 4.90 Å². The van der Waals surface area contributed by atoms with Crippen molar-refractivity contribution in [1.29, 1.82) is 0 Å². The van der Waals surface area contributed by atoms with Crippen molar-refractivity contribution < 1.29 is 18.0 Å². The van der Waals surface area contributed by atoms with E-state index in [2.05, 4.69) is 5.32 Å². The fourth-order valence-electron chi connectivity index (χ4n) is 2.67. The zero-order chi connectivity index (χ0) is 13.5. The van der Waals surface area contributed by atoms with Gasteiger partial charge >= 0.3 is 6.18 Å².